The van der Waals surface area contributed by atoms with E-state index in [4.69, 9.17) is 10.5 Å². The molecule has 0 aliphatic heterocycles. The quantitative estimate of drug-likeness (QED) is 0.572. The maximum Gasteiger partial charge on any atom is 0.323 e. The molecule has 2 N–H and O–H groups in total. The minimum atomic E-state index is -0.462. The molecule has 15 heavy (non-hydrogen) atoms. The first-order chi connectivity index (χ1) is 7.04. The van der Waals surface area contributed by atoms with Gasteiger partial charge in [-0.25, -0.2) is 0 Å². The van der Waals surface area contributed by atoms with Crippen molar-refractivity contribution in [1.29, 1.82) is 0 Å². The molecular formula is C12H21NO2. The number of carbonyl (C=O) groups excluding carboxylic acids is 1. The molecule has 86 valence electrons. The first-order valence-electron chi connectivity index (χ1n) is 5.64. The third-order valence-corrected chi connectivity index (χ3v) is 2.89. The van der Waals surface area contributed by atoms with Crippen LogP contribution in [0.25, 0.3) is 0 Å². The number of hydrogen-bond acceptors (Lipinski definition) is 3. The van der Waals surface area contributed by atoms with Crippen LogP contribution in [0, 0.1) is 11.8 Å². The molecule has 0 aromatic rings. The number of nitrogens with two attached hydrogens (primary N) is 1. The van der Waals surface area contributed by atoms with E-state index in [1.807, 2.05) is 0 Å². The lowest BCUT2D eigenvalue weighted by Gasteiger charge is -2.28. The molecule has 0 bridgehead atoms. The van der Waals surface area contributed by atoms with Crippen molar-refractivity contribution in [3.8, 4) is 0 Å². The van der Waals surface area contributed by atoms with Gasteiger partial charge in [-0.2, -0.15) is 0 Å². The highest BCUT2D eigenvalue weighted by Gasteiger charge is 2.29. The average molecular weight is 211 g/mol. The Labute approximate surface area is 91.7 Å². The summed E-state index contributed by atoms with van der Waals surface area (Å²) in [5.74, 6) is 0.498. The lowest BCUT2D eigenvalue weighted by molar-refractivity contribution is -0.146. The molecule has 3 heteroatoms. The van der Waals surface area contributed by atoms with Crippen LogP contribution < -0.4 is 5.73 Å². The second-order valence-corrected chi connectivity index (χ2v) is 4.47. The summed E-state index contributed by atoms with van der Waals surface area (Å²) in [6, 6.07) is -0.462. The van der Waals surface area contributed by atoms with Crippen molar-refractivity contribution in [3.63, 3.8) is 0 Å². The molecule has 3 nitrogen and oxygen atoms in total. The third-order valence-electron chi connectivity index (χ3n) is 2.89. The van der Waals surface area contributed by atoms with Crippen LogP contribution in [0.5, 0.6) is 0 Å². The van der Waals surface area contributed by atoms with Gasteiger partial charge in [-0.15, -0.1) is 0 Å². The van der Waals surface area contributed by atoms with Crippen LogP contribution in [0.2, 0.25) is 0 Å². The Hall–Kier alpha value is -0.830. The Balaban J connectivity index is 2.57. The second kappa shape index (κ2) is 5.31. The van der Waals surface area contributed by atoms with Gasteiger partial charge in [0, 0.05) is 0 Å². The number of allylic oxidation sites excluding steroid dienone is 2. The van der Waals surface area contributed by atoms with Crippen molar-refractivity contribution < 1.29 is 9.53 Å². The van der Waals surface area contributed by atoms with Gasteiger partial charge in [-0.3, -0.25) is 4.79 Å². The highest BCUT2D eigenvalue weighted by atomic mass is 16.5. The van der Waals surface area contributed by atoms with Crippen molar-refractivity contribution in [2.24, 2.45) is 17.6 Å². The maximum atomic E-state index is 11.5. The fourth-order valence-corrected chi connectivity index (χ4v) is 2.30. The zero-order valence-corrected chi connectivity index (χ0v) is 9.82. The van der Waals surface area contributed by atoms with Crippen LogP contribution >= 0.6 is 0 Å². The monoisotopic (exact) mass is 211 g/mol. The molecule has 3 atom stereocenters. The van der Waals surface area contributed by atoms with Crippen LogP contribution in [0.3, 0.4) is 0 Å². The molecule has 0 heterocycles. The SMILES string of the molecule is CCOC(=O)C(N)C1CC(C)=CC(C)C1. The summed E-state index contributed by atoms with van der Waals surface area (Å²) in [6.07, 6.45) is 4.16. The van der Waals surface area contributed by atoms with Crippen molar-refractivity contribution >= 4 is 5.97 Å². The van der Waals surface area contributed by atoms with Gasteiger partial charge < -0.3 is 10.5 Å². The van der Waals surface area contributed by atoms with E-state index in [9.17, 15) is 4.79 Å². The van der Waals surface area contributed by atoms with E-state index in [-0.39, 0.29) is 11.9 Å². The number of hydrogen-bond donors (Lipinski definition) is 1. The molecule has 0 fully saturated rings. The van der Waals surface area contributed by atoms with E-state index in [1.165, 1.54) is 5.57 Å². The van der Waals surface area contributed by atoms with Gasteiger partial charge in [-0.1, -0.05) is 18.6 Å². The second-order valence-electron chi connectivity index (χ2n) is 4.47. The zero-order chi connectivity index (χ0) is 11.4. The molecule has 0 radical (unpaired) electrons. The normalized spacial score (nSPS) is 28.1. The summed E-state index contributed by atoms with van der Waals surface area (Å²) in [5.41, 5.74) is 7.23. The Morgan fingerprint density at radius 1 is 1.73 bits per heavy atom. The number of carbonyl (C=O) groups is 1. The van der Waals surface area contributed by atoms with Crippen LogP contribution in [0.4, 0.5) is 0 Å². The number of ether oxygens (including phenoxy) is 1. The molecule has 0 amide bonds. The zero-order valence-electron chi connectivity index (χ0n) is 9.82. The Morgan fingerprint density at radius 3 is 2.93 bits per heavy atom. The van der Waals surface area contributed by atoms with Gasteiger partial charge in [-0.05, 0) is 38.5 Å². The molecule has 0 aromatic carbocycles. The predicted octanol–water partition coefficient (Wildman–Crippen LogP) is 1.87. The topological polar surface area (TPSA) is 52.3 Å². The summed E-state index contributed by atoms with van der Waals surface area (Å²) < 4.78 is 4.94. The van der Waals surface area contributed by atoms with E-state index in [0.717, 1.165) is 12.8 Å². The molecule has 0 aromatic heterocycles. The van der Waals surface area contributed by atoms with Gasteiger partial charge in [0.15, 0.2) is 0 Å². The Kier molecular flexibility index (Phi) is 4.33. The predicted molar refractivity (Wildman–Crippen MR) is 60.3 cm³/mol. The van der Waals surface area contributed by atoms with Crippen molar-refractivity contribution in [3.05, 3.63) is 11.6 Å². The van der Waals surface area contributed by atoms with E-state index in [1.54, 1.807) is 6.92 Å². The fraction of sp³-hybridized carbons (Fsp3) is 0.750. The van der Waals surface area contributed by atoms with Crippen LogP contribution in [0.15, 0.2) is 11.6 Å². The first kappa shape index (κ1) is 12.2. The molecule has 3 unspecified atom stereocenters. The molecule has 0 spiro atoms. The van der Waals surface area contributed by atoms with Crippen molar-refractivity contribution in [2.75, 3.05) is 6.61 Å². The van der Waals surface area contributed by atoms with Crippen LogP contribution in [0.1, 0.15) is 33.6 Å². The molecular weight excluding hydrogens is 190 g/mol. The van der Waals surface area contributed by atoms with E-state index >= 15 is 0 Å². The van der Waals surface area contributed by atoms with Crippen molar-refractivity contribution in [1.82, 2.24) is 0 Å². The van der Waals surface area contributed by atoms with Crippen molar-refractivity contribution in [2.45, 2.75) is 39.7 Å². The van der Waals surface area contributed by atoms with Gasteiger partial charge in [0.2, 0.25) is 0 Å². The summed E-state index contributed by atoms with van der Waals surface area (Å²) >= 11 is 0. The highest BCUT2D eigenvalue weighted by molar-refractivity contribution is 5.75. The standard InChI is InChI=1S/C12H21NO2/c1-4-15-12(14)11(13)10-6-8(2)5-9(3)7-10/h5,8,10-11H,4,6-7,13H2,1-3H3. The summed E-state index contributed by atoms with van der Waals surface area (Å²) in [5, 5.41) is 0. The Bertz CT molecular complexity index is 260. The lowest BCUT2D eigenvalue weighted by Crippen LogP contribution is -2.41. The minimum Gasteiger partial charge on any atom is -0.465 e. The van der Waals surface area contributed by atoms with Gasteiger partial charge in [0.05, 0.1) is 6.61 Å². The van der Waals surface area contributed by atoms with E-state index < -0.39 is 6.04 Å². The van der Waals surface area contributed by atoms with Crippen LogP contribution in [-0.4, -0.2) is 18.6 Å². The first-order valence-corrected chi connectivity index (χ1v) is 5.64. The average Bonchev–Trinajstić information content (AvgIpc) is 2.15. The number of rotatable bonds is 3. The van der Waals surface area contributed by atoms with Crippen LogP contribution in [-0.2, 0) is 9.53 Å². The summed E-state index contributed by atoms with van der Waals surface area (Å²) in [4.78, 5) is 11.5. The lowest BCUT2D eigenvalue weighted by atomic mass is 9.80. The Morgan fingerprint density at radius 2 is 2.40 bits per heavy atom. The maximum absolute atomic E-state index is 11.5. The number of esters is 1. The fourth-order valence-electron chi connectivity index (χ4n) is 2.30. The van der Waals surface area contributed by atoms with Gasteiger partial charge in [0.25, 0.3) is 0 Å². The minimum absolute atomic E-state index is 0.240. The molecule has 1 aliphatic rings. The molecule has 0 saturated heterocycles. The molecule has 1 aliphatic carbocycles. The van der Waals surface area contributed by atoms with Gasteiger partial charge in [0.1, 0.15) is 6.04 Å². The van der Waals surface area contributed by atoms with Gasteiger partial charge >= 0.3 is 5.97 Å². The summed E-state index contributed by atoms with van der Waals surface area (Å²) in [6.45, 7) is 6.47. The largest absolute Gasteiger partial charge is 0.465 e. The molecule has 0 saturated carbocycles. The summed E-state index contributed by atoms with van der Waals surface area (Å²) in [7, 11) is 0. The third kappa shape index (κ3) is 3.34. The highest BCUT2D eigenvalue weighted by Crippen LogP contribution is 2.29. The van der Waals surface area contributed by atoms with E-state index in [0.29, 0.717) is 12.5 Å². The van der Waals surface area contributed by atoms with E-state index in [2.05, 4.69) is 19.9 Å². The molecule has 1 rings (SSSR count). The smallest absolute Gasteiger partial charge is 0.323 e.